The monoisotopic (exact) mass is 381 g/mol. The molecule has 2 aliphatic heterocycles. The van der Waals surface area contributed by atoms with Crippen molar-refractivity contribution in [1.82, 2.24) is 9.88 Å². The van der Waals surface area contributed by atoms with Crippen LogP contribution in [0.1, 0.15) is 23.2 Å². The van der Waals surface area contributed by atoms with Gasteiger partial charge in [0, 0.05) is 69.0 Å². The quantitative estimate of drug-likeness (QED) is 0.598. The third-order valence-electron chi connectivity index (χ3n) is 5.46. The maximum Gasteiger partial charge on any atom is 0.293 e. The summed E-state index contributed by atoms with van der Waals surface area (Å²) in [6, 6.07) is 8.79. The number of anilines is 2. The zero-order valence-electron chi connectivity index (χ0n) is 15.7. The molecule has 1 aromatic heterocycles. The van der Waals surface area contributed by atoms with E-state index in [1.54, 1.807) is 29.4 Å². The Balaban J connectivity index is 1.47. The number of carbonyl (C=O) groups is 1. The highest BCUT2D eigenvalue weighted by Gasteiger charge is 2.27. The SMILES string of the molecule is O=C(c1ccc(N2CCCC2)c([N+](=O)[O-])c1)N1CCN(c2ccncc2)CC1. The van der Waals surface area contributed by atoms with E-state index in [0.717, 1.165) is 44.7 Å². The molecule has 2 aliphatic rings. The second-order valence-corrected chi connectivity index (χ2v) is 7.14. The van der Waals surface area contributed by atoms with Crippen LogP contribution in [0.5, 0.6) is 0 Å². The summed E-state index contributed by atoms with van der Waals surface area (Å²) in [6.45, 7) is 4.27. The van der Waals surface area contributed by atoms with Crippen LogP contribution in [0.2, 0.25) is 0 Å². The molecule has 0 atom stereocenters. The summed E-state index contributed by atoms with van der Waals surface area (Å²) in [4.78, 5) is 34.1. The van der Waals surface area contributed by atoms with Gasteiger partial charge in [-0.1, -0.05) is 0 Å². The summed E-state index contributed by atoms with van der Waals surface area (Å²) in [5.41, 5.74) is 2.10. The van der Waals surface area contributed by atoms with Gasteiger partial charge in [-0.15, -0.1) is 0 Å². The second kappa shape index (κ2) is 7.84. The molecule has 0 aliphatic carbocycles. The summed E-state index contributed by atoms with van der Waals surface area (Å²) < 4.78 is 0. The standard InChI is InChI=1S/C20H23N5O3/c26-20(24-13-11-22(12-14-24)17-5-7-21-8-6-17)16-3-4-18(19(15-16)25(27)28)23-9-1-2-10-23/h3-8,15H,1-2,9-14H2. The zero-order valence-corrected chi connectivity index (χ0v) is 15.7. The number of aromatic nitrogens is 1. The Bertz CT molecular complexity index is 859. The Kier molecular flexibility index (Phi) is 5.10. The molecule has 0 bridgehead atoms. The Morgan fingerprint density at radius 3 is 2.25 bits per heavy atom. The molecule has 4 rings (SSSR count). The van der Waals surface area contributed by atoms with Crippen LogP contribution in [-0.4, -0.2) is 60.0 Å². The van der Waals surface area contributed by atoms with Gasteiger partial charge in [-0.3, -0.25) is 19.9 Å². The van der Waals surface area contributed by atoms with Crippen molar-refractivity contribution in [3.05, 3.63) is 58.4 Å². The minimum Gasteiger partial charge on any atom is -0.368 e. The van der Waals surface area contributed by atoms with Crippen molar-refractivity contribution in [3.8, 4) is 0 Å². The fourth-order valence-corrected chi connectivity index (χ4v) is 3.93. The minimum atomic E-state index is -0.383. The second-order valence-electron chi connectivity index (χ2n) is 7.14. The number of nitrogens with zero attached hydrogens (tertiary/aromatic N) is 5. The number of carbonyl (C=O) groups excluding carboxylic acids is 1. The number of nitro groups is 1. The van der Waals surface area contributed by atoms with Crippen LogP contribution >= 0.6 is 0 Å². The Hall–Kier alpha value is -3.16. The molecule has 1 aromatic carbocycles. The predicted molar refractivity (Wildman–Crippen MR) is 107 cm³/mol. The number of piperazine rings is 1. The minimum absolute atomic E-state index is 0.0168. The van der Waals surface area contributed by atoms with Gasteiger partial charge in [0.2, 0.25) is 0 Å². The number of pyridine rings is 1. The molecule has 0 radical (unpaired) electrons. The largest absolute Gasteiger partial charge is 0.368 e. The van der Waals surface area contributed by atoms with Gasteiger partial charge in [0.15, 0.2) is 0 Å². The Morgan fingerprint density at radius 2 is 1.61 bits per heavy atom. The molecule has 2 saturated heterocycles. The van der Waals surface area contributed by atoms with Crippen LogP contribution in [0.3, 0.4) is 0 Å². The maximum atomic E-state index is 12.9. The molecule has 2 aromatic rings. The fourth-order valence-electron chi connectivity index (χ4n) is 3.93. The summed E-state index contributed by atoms with van der Waals surface area (Å²) >= 11 is 0. The summed E-state index contributed by atoms with van der Waals surface area (Å²) in [7, 11) is 0. The van der Waals surface area contributed by atoms with Crippen molar-refractivity contribution in [2.45, 2.75) is 12.8 Å². The Labute approximate surface area is 163 Å². The fraction of sp³-hybridized carbons (Fsp3) is 0.400. The zero-order chi connectivity index (χ0) is 19.5. The first kappa shape index (κ1) is 18.2. The van der Waals surface area contributed by atoms with Crippen molar-refractivity contribution < 1.29 is 9.72 Å². The number of nitro benzene ring substituents is 1. The van der Waals surface area contributed by atoms with Crippen molar-refractivity contribution >= 4 is 23.0 Å². The molecule has 8 heteroatoms. The van der Waals surface area contributed by atoms with Crippen LogP contribution in [-0.2, 0) is 0 Å². The lowest BCUT2D eigenvalue weighted by molar-refractivity contribution is -0.384. The van der Waals surface area contributed by atoms with E-state index in [0.29, 0.717) is 24.3 Å². The average molecular weight is 381 g/mol. The van der Waals surface area contributed by atoms with Crippen LogP contribution in [0.25, 0.3) is 0 Å². The average Bonchev–Trinajstić information content (AvgIpc) is 3.28. The highest BCUT2D eigenvalue weighted by atomic mass is 16.6. The lowest BCUT2D eigenvalue weighted by Crippen LogP contribution is -2.48. The van der Waals surface area contributed by atoms with Gasteiger partial charge in [-0.25, -0.2) is 0 Å². The highest BCUT2D eigenvalue weighted by molar-refractivity contribution is 5.96. The summed E-state index contributed by atoms with van der Waals surface area (Å²) in [6.07, 6.45) is 5.60. The third-order valence-corrected chi connectivity index (χ3v) is 5.46. The van der Waals surface area contributed by atoms with E-state index in [1.807, 2.05) is 17.0 Å². The topological polar surface area (TPSA) is 82.8 Å². The molecule has 2 fully saturated rings. The van der Waals surface area contributed by atoms with Gasteiger partial charge in [0.25, 0.3) is 11.6 Å². The van der Waals surface area contributed by atoms with Crippen molar-refractivity contribution in [3.63, 3.8) is 0 Å². The van der Waals surface area contributed by atoms with E-state index in [9.17, 15) is 14.9 Å². The summed E-state index contributed by atoms with van der Waals surface area (Å²) in [5.74, 6) is -0.148. The molecule has 0 spiro atoms. The number of hydrogen-bond acceptors (Lipinski definition) is 6. The highest BCUT2D eigenvalue weighted by Crippen LogP contribution is 2.32. The molecule has 0 N–H and O–H groups in total. The van der Waals surface area contributed by atoms with Crippen LogP contribution in [0.15, 0.2) is 42.7 Å². The number of benzene rings is 1. The molecule has 0 unspecified atom stereocenters. The smallest absolute Gasteiger partial charge is 0.293 e. The van der Waals surface area contributed by atoms with E-state index in [2.05, 4.69) is 9.88 Å². The predicted octanol–water partition coefficient (Wildman–Crippen LogP) is 2.55. The van der Waals surface area contributed by atoms with Gasteiger partial charge in [-0.05, 0) is 37.1 Å². The lowest BCUT2D eigenvalue weighted by Gasteiger charge is -2.36. The molecule has 146 valence electrons. The van der Waals surface area contributed by atoms with E-state index in [4.69, 9.17) is 0 Å². The van der Waals surface area contributed by atoms with Crippen LogP contribution in [0.4, 0.5) is 17.1 Å². The van der Waals surface area contributed by atoms with Gasteiger partial charge in [0.1, 0.15) is 5.69 Å². The van der Waals surface area contributed by atoms with E-state index >= 15 is 0 Å². The van der Waals surface area contributed by atoms with Crippen molar-refractivity contribution in [2.24, 2.45) is 0 Å². The normalized spacial score (nSPS) is 17.1. The van der Waals surface area contributed by atoms with E-state index in [-0.39, 0.29) is 16.5 Å². The van der Waals surface area contributed by atoms with Gasteiger partial charge >= 0.3 is 0 Å². The van der Waals surface area contributed by atoms with E-state index in [1.165, 1.54) is 6.07 Å². The third kappa shape index (κ3) is 3.62. The molecular formula is C20H23N5O3. The van der Waals surface area contributed by atoms with Crippen LogP contribution in [0, 0.1) is 10.1 Å². The molecule has 1 amide bonds. The molecular weight excluding hydrogens is 358 g/mol. The molecule has 8 nitrogen and oxygen atoms in total. The molecule has 3 heterocycles. The summed E-state index contributed by atoms with van der Waals surface area (Å²) in [5, 5.41) is 11.6. The maximum absolute atomic E-state index is 12.9. The van der Waals surface area contributed by atoms with Gasteiger partial charge < -0.3 is 14.7 Å². The first-order chi connectivity index (χ1) is 13.6. The number of hydrogen-bond donors (Lipinski definition) is 0. The van der Waals surface area contributed by atoms with Gasteiger partial charge in [0.05, 0.1) is 4.92 Å². The first-order valence-corrected chi connectivity index (χ1v) is 9.61. The number of amides is 1. The lowest BCUT2D eigenvalue weighted by atomic mass is 10.1. The molecule has 28 heavy (non-hydrogen) atoms. The van der Waals surface area contributed by atoms with E-state index < -0.39 is 0 Å². The van der Waals surface area contributed by atoms with Crippen molar-refractivity contribution in [2.75, 3.05) is 49.1 Å². The Morgan fingerprint density at radius 1 is 0.929 bits per heavy atom. The van der Waals surface area contributed by atoms with Crippen molar-refractivity contribution in [1.29, 1.82) is 0 Å². The van der Waals surface area contributed by atoms with Crippen LogP contribution < -0.4 is 9.80 Å². The van der Waals surface area contributed by atoms with Gasteiger partial charge in [-0.2, -0.15) is 0 Å². The first-order valence-electron chi connectivity index (χ1n) is 9.61. The molecule has 0 saturated carbocycles. The number of rotatable bonds is 4.